The number of hydrogen-bond acceptors (Lipinski definition) is 3. The molecule has 0 fully saturated rings. The van der Waals surface area contributed by atoms with Crippen molar-refractivity contribution in [3.8, 4) is 11.5 Å². The summed E-state index contributed by atoms with van der Waals surface area (Å²) in [5, 5.41) is 5.27. The van der Waals surface area contributed by atoms with E-state index in [0.717, 1.165) is 41.4 Å². The Hall–Kier alpha value is -1.91. The summed E-state index contributed by atoms with van der Waals surface area (Å²) in [6, 6.07) is 19.4. The zero-order valence-corrected chi connectivity index (χ0v) is 19.0. The Labute approximate surface area is 192 Å². The third kappa shape index (κ3) is 6.82. The molecular formula is C24H24Cl3NO2. The molecule has 0 atom stereocenters. The molecule has 0 heterocycles. The molecule has 30 heavy (non-hydrogen) atoms. The molecule has 0 bridgehead atoms. The highest BCUT2D eigenvalue weighted by atomic mass is 35.5. The fourth-order valence-corrected chi connectivity index (χ4v) is 3.40. The lowest BCUT2D eigenvalue weighted by Gasteiger charge is -2.14. The molecule has 0 aliphatic rings. The fraction of sp³-hybridized carbons (Fsp3) is 0.250. The summed E-state index contributed by atoms with van der Waals surface area (Å²) in [6.45, 7) is 4.54. The molecule has 0 aliphatic heterocycles. The fourth-order valence-electron chi connectivity index (χ4n) is 2.96. The smallest absolute Gasteiger partial charge is 0.161 e. The minimum atomic E-state index is 0.385. The summed E-state index contributed by atoms with van der Waals surface area (Å²) in [4.78, 5) is 0. The monoisotopic (exact) mass is 463 g/mol. The lowest BCUT2D eigenvalue weighted by atomic mass is 10.1. The zero-order chi connectivity index (χ0) is 21.3. The maximum Gasteiger partial charge on any atom is 0.161 e. The van der Waals surface area contributed by atoms with Gasteiger partial charge in [-0.25, -0.2) is 0 Å². The molecule has 0 amide bonds. The van der Waals surface area contributed by atoms with E-state index >= 15 is 0 Å². The van der Waals surface area contributed by atoms with Crippen LogP contribution < -0.4 is 14.8 Å². The third-order valence-electron chi connectivity index (χ3n) is 4.52. The van der Waals surface area contributed by atoms with E-state index in [2.05, 4.69) is 17.4 Å². The van der Waals surface area contributed by atoms with Gasteiger partial charge in [0.15, 0.2) is 11.5 Å². The number of nitrogens with one attached hydrogen (secondary N) is 1. The summed E-state index contributed by atoms with van der Waals surface area (Å²) < 4.78 is 11.7. The van der Waals surface area contributed by atoms with Crippen LogP contribution in [0.1, 0.15) is 23.6 Å². The molecule has 3 aromatic carbocycles. The average Bonchev–Trinajstić information content (AvgIpc) is 2.74. The second-order valence-corrected chi connectivity index (χ2v) is 8.06. The molecule has 158 valence electrons. The molecule has 1 N–H and O–H groups in total. The number of rotatable bonds is 10. The van der Waals surface area contributed by atoms with Gasteiger partial charge in [-0.05, 0) is 73.0 Å². The van der Waals surface area contributed by atoms with Crippen LogP contribution in [0.3, 0.4) is 0 Å². The van der Waals surface area contributed by atoms with Crippen LogP contribution >= 0.6 is 34.8 Å². The Balaban J connectivity index is 1.55. The Bertz CT molecular complexity index is 961. The SMILES string of the molecule is CCOc1cc(CNCCc2ccc(Cl)cc2)ccc1OCc1ccc(Cl)c(Cl)c1. The quantitative estimate of drug-likeness (QED) is 0.329. The lowest BCUT2D eigenvalue weighted by Crippen LogP contribution is -2.16. The first-order valence-corrected chi connectivity index (χ1v) is 11.0. The van der Waals surface area contributed by atoms with Crippen molar-refractivity contribution >= 4 is 34.8 Å². The first kappa shape index (κ1) is 22.8. The van der Waals surface area contributed by atoms with Gasteiger partial charge in [0.25, 0.3) is 0 Å². The van der Waals surface area contributed by atoms with Gasteiger partial charge in [0, 0.05) is 11.6 Å². The van der Waals surface area contributed by atoms with Crippen molar-refractivity contribution < 1.29 is 9.47 Å². The van der Waals surface area contributed by atoms with Crippen molar-refractivity contribution in [1.82, 2.24) is 5.32 Å². The van der Waals surface area contributed by atoms with Crippen molar-refractivity contribution in [2.45, 2.75) is 26.5 Å². The lowest BCUT2D eigenvalue weighted by molar-refractivity contribution is 0.269. The number of ether oxygens (including phenoxy) is 2. The molecule has 0 unspecified atom stereocenters. The minimum absolute atomic E-state index is 0.385. The highest BCUT2D eigenvalue weighted by Gasteiger charge is 2.08. The van der Waals surface area contributed by atoms with Crippen molar-refractivity contribution in [3.05, 3.63) is 92.4 Å². The van der Waals surface area contributed by atoms with Gasteiger partial charge in [-0.3, -0.25) is 0 Å². The maximum absolute atomic E-state index is 6.08. The Morgan fingerprint density at radius 3 is 2.20 bits per heavy atom. The molecule has 3 aromatic rings. The van der Waals surface area contributed by atoms with Crippen LogP contribution in [0.25, 0.3) is 0 Å². The minimum Gasteiger partial charge on any atom is -0.490 e. The number of benzene rings is 3. The molecular weight excluding hydrogens is 441 g/mol. The molecule has 0 saturated heterocycles. The highest BCUT2D eigenvalue weighted by molar-refractivity contribution is 6.42. The molecule has 0 spiro atoms. The summed E-state index contributed by atoms with van der Waals surface area (Å²) >= 11 is 18.0. The summed E-state index contributed by atoms with van der Waals surface area (Å²) in [5.74, 6) is 1.43. The second-order valence-electron chi connectivity index (χ2n) is 6.80. The summed E-state index contributed by atoms with van der Waals surface area (Å²) in [6.07, 6.45) is 0.945. The molecule has 0 saturated carbocycles. The van der Waals surface area contributed by atoms with Gasteiger partial charge >= 0.3 is 0 Å². The Kier molecular flexibility index (Phi) is 8.71. The van der Waals surface area contributed by atoms with Crippen LogP contribution in [0.15, 0.2) is 60.7 Å². The van der Waals surface area contributed by atoms with Gasteiger partial charge in [0.2, 0.25) is 0 Å². The molecule has 0 aromatic heterocycles. The van der Waals surface area contributed by atoms with Crippen molar-refractivity contribution in [1.29, 1.82) is 0 Å². The normalized spacial score (nSPS) is 10.8. The maximum atomic E-state index is 6.08. The van der Waals surface area contributed by atoms with E-state index in [4.69, 9.17) is 44.3 Å². The van der Waals surface area contributed by atoms with E-state index in [1.807, 2.05) is 49.4 Å². The van der Waals surface area contributed by atoms with Crippen LogP contribution in [0.5, 0.6) is 11.5 Å². The van der Waals surface area contributed by atoms with Gasteiger partial charge in [0.05, 0.1) is 16.7 Å². The third-order valence-corrected chi connectivity index (χ3v) is 5.51. The Morgan fingerprint density at radius 2 is 1.47 bits per heavy atom. The van der Waals surface area contributed by atoms with Gasteiger partial charge in [-0.1, -0.05) is 59.1 Å². The van der Waals surface area contributed by atoms with E-state index in [1.165, 1.54) is 5.56 Å². The molecule has 3 rings (SSSR count). The Morgan fingerprint density at radius 1 is 0.733 bits per heavy atom. The van der Waals surface area contributed by atoms with Crippen molar-refractivity contribution in [2.75, 3.05) is 13.2 Å². The first-order valence-electron chi connectivity index (χ1n) is 9.82. The van der Waals surface area contributed by atoms with E-state index in [9.17, 15) is 0 Å². The van der Waals surface area contributed by atoms with E-state index in [1.54, 1.807) is 6.07 Å². The summed E-state index contributed by atoms with van der Waals surface area (Å²) in [7, 11) is 0. The topological polar surface area (TPSA) is 30.5 Å². The standard InChI is InChI=1S/C24H24Cl3NO2/c1-2-29-24-14-18(15-28-12-11-17-3-7-20(25)8-4-17)6-10-23(24)30-16-19-5-9-21(26)22(27)13-19/h3-10,13-14,28H,2,11-12,15-16H2,1H3. The van der Waals surface area contributed by atoms with Gasteiger partial charge < -0.3 is 14.8 Å². The van der Waals surface area contributed by atoms with Crippen LogP contribution in [0.2, 0.25) is 15.1 Å². The molecule has 0 radical (unpaired) electrons. The first-order chi connectivity index (χ1) is 14.5. The van der Waals surface area contributed by atoms with Crippen molar-refractivity contribution in [3.63, 3.8) is 0 Å². The van der Waals surface area contributed by atoms with Gasteiger partial charge in [-0.2, -0.15) is 0 Å². The van der Waals surface area contributed by atoms with Gasteiger partial charge in [-0.15, -0.1) is 0 Å². The number of halogens is 3. The van der Waals surface area contributed by atoms with Crippen LogP contribution in [0.4, 0.5) is 0 Å². The van der Waals surface area contributed by atoms with Crippen LogP contribution in [0, 0.1) is 0 Å². The molecule has 0 aliphatic carbocycles. The number of hydrogen-bond donors (Lipinski definition) is 1. The average molecular weight is 465 g/mol. The van der Waals surface area contributed by atoms with E-state index < -0.39 is 0 Å². The van der Waals surface area contributed by atoms with E-state index in [-0.39, 0.29) is 0 Å². The molecule has 3 nitrogen and oxygen atoms in total. The van der Waals surface area contributed by atoms with E-state index in [0.29, 0.717) is 29.0 Å². The van der Waals surface area contributed by atoms with Crippen LogP contribution in [-0.4, -0.2) is 13.2 Å². The predicted octanol–water partition coefficient (Wildman–Crippen LogP) is 6.96. The second kappa shape index (κ2) is 11.5. The van der Waals surface area contributed by atoms with Crippen molar-refractivity contribution in [2.24, 2.45) is 0 Å². The summed E-state index contributed by atoms with van der Waals surface area (Å²) in [5.41, 5.74) is 3.34. The predicted molar refractivity (Wildman–Crippen MR) is 125 cm³/mol. The van der Waals surface area contributed by atoms with Gasteiger partial charge in [0.1, 0.15) is 6.61 Å². The highest BCUT2D eigenvalue weighted by Crippen LogP contribution is 2.30. The largest absolute Gasteiger partial charge is 0.490 e. The molecule has 6 heteroatoms. The van der Waals surface area contributed by atoms with Crippen LogP contribution in [-0.2, 0) is 19.6 Å². The zero-order valence-electron chi connectivity index (χ0n) is 16.8.